The zero-order valence-corrected chi connectivity index (χ0v) is 20.8. The van der Waals surface area contributed by atoms with E-state index < -0.39 is 11.6 Å². The van der Waals surface area contributed by atoms with Crippen molar-refractivity contribution >= 4 is 29.3 Å². The normalized spacial score (nSPS) is 20.6. The lowest BCUT2D eigenvalue weighted by Gasteiger charge is -2.37. The van der Waals surface area contributed by atoms with Crippen molar-refractivity contribution < 1.29 is 13.5 Å². The highest BCUT2D eigenvalue weighted by Gasteiger charge is 2.31. The molecule has 2 aliphatic rings. The number of halogens is 2. The summed E-state index contributed by atoms with van der Waals surface area (Å²) < 4.78 is 36.6. The Morgan fingerprint density at radius 2 is 1.97 bits per heavy atom. The van der Waals surface area contributed by atoms with Crippen LogP contribution in [-0.4, -0.2) is 71.2 Å². The van der Waals surface area contributed by atoms with Crippen LogP contribution in [0.1, 0.15) is 19.8 Å². The summed E-state index contributed by atoms with van der Waals surface area (Å²) in [5, 5.41) is 11.2. The van der Waals surface area contributed by atoms with Crippen LogP contribution >= 0.6 is 0 Å². The molecule has 9 nitrogen and oxygen atoms in total. The molecule has 1 saturated carbocycles. The molecule has 0 amide bonds. The van der Waals surface area contributed by atoms with Gasteiger partial charge in [0.2, 0.25) is 11.9 Å². The number of hydrogen-bond acceptors (Lipinski definition) is 8. The van der Waals surface area contributed by atoms with Crippen LogP contribution in [0.15, 0.2) is 30.0 Å². The van der Waals surface area contributed by atoms with Gasteiger partial charge in [-0.3, -0.25) is 0 Å². The van der Waals surface area contributed by atoms with Gasteiger partial charge in [0.15, 0.2) is 5.65 Å². The quantitative estimate of drug-likeness (QED) is 0.485. The summed E-state index contributed by atoms with van der Waals surface area (Å²) in [5.41, 5.74) is 2.21. The highest BCUT2D eigenvalue weighted by atomic mass is 19.1. The van der Waals surface area contributed by atoms with Gasteiger partial charge in [0.25, 0.3) is 0 Å². The largest absolute Gasteiger partial charge is 0.388 e. The molecular weight excluding hydrogens is 466 g/mol. The maximum atomic E-state index is 15.0. The van der Waals surface area contributed by atoms with E-state index in [4.69, 9.17) is 20.1 Å². The molecule has 0 spiro atoms. The van der Waals surface area contributed by atoms with E-state index in [2.05, 4.69) is 10.3 Å². The lowest BCUT2D eigenvalue weighted by Crippen LogP contribution is -2.48. The summed E-state index contributed by atoms with van der Waals surface area (Å²) in [6.45, 7) is 2.89. The van der Waals surface area contributed by atoms with Gasteiger partial charge in [0, 0.05) is 63.3 Å². The number of aromatic nitrogens is 4. The van der Waals surface area contributed by atoms with Gasteiger partial charge in [-0.05, 0) is 31.9 Å². The Morgan fingerprint density at radius 3 is 2.64 bits per heavy atom. The number of nitrogens with zero attached hydrogens (tertiary/aromatic N) is 6. The second-order valence-electron chi connectivity index (χ2n) is 9.60. The first kappa shape index (κ1) is 24.1. The predicted molar refractivity (Wildman–Crippen MR) is 136 cm³/mol. The highest BCUT2D eigenvalue weighted by molar-refractivity contribution is 5.90. The number of nitrogens with one attached hydrogen (secondary N) is 2. The van der Waals surface area contributed by atoms with Gasteiger partial charge in [-0.15, -0.1) is 0 Å². The molecule has 0 bridgehead atoms. The third-order valence-corrected chi connectivity index (χ3v) is 6.43. The molecule has 1 saturated heterocycles. The number of hydrogen-bond donors (Lipinski definition) is 2. The van der Waals surface area contributed by atoms with Crippen LogP contribution in [0.3, 0.4) is 0 Å². The summed E-state index contributed by atoms with van der Waals surface area (Å²) in [6, 6.07) is 3.93. The molecule has 2 atom stereocenters. The second-order valence-corrected chi connectivity index (χ2v) is 9.60. The number of anilines is 2. The minimum absolute atomic E-state index is 0.153. The van der Waals surface area contributed by atoms with Gasteiger partial charge < -0.3 is 29.8 Å². The number of fused-ring (bicyclic) bond motifs is 1. The van der Waals surface area contributed by atoms with Crippen molar-refractivity contribution in [2.75, 3.05) is 37.0 Å². The Hall–Kier alpha value is -3.60. The van der Waals surface area contributed by atoms with Crippen LogP contribution in [0.4, 0.5) is 20.7 Å². The number of rotatable bonds is 7. The first-order valence-corrected chi connectivity index (χ1v) is 12.0. The summed E-state index contributed by atoms with van der Waals surface area (Å²) >= 11 is 0. The van der Waals surface area contributed by atoms with Gasteiger partial charge in [0.05, 0.1) is 12.6 Å². The van der Waals surface area contributed by atoms with E-state index >= 15 is 0 Å². The lowest BCUT2D eigenvalue weighted by atomic mass is 10.1. The Morgan fingerprint density at radius 1 is 1.19 bits per heavy atom. The molecule has 1 aromatic carbocycles. The van der Waals surface area contributed by atoms with Crippen molar-refractivity contribution in [3.05, 3.63) is 41.6 Å². The highest BCUT2D eigenvalue weighted by Crippen LogP contribution is 2.33. The average molecular weight is 497 g/mol. The predicted octanol–water partition coefficient (Wildman–Crippen LogP) is 3.25. The average Bonchev–Trinajstić information content (AvgIpc) is 3.60. The van der Waals surface area contributed by atoms with Crippen molar-refractivity contribution in [1.82, 2.24) is 24.8 Å². The minimum atomic E-state index is -0.707. The van der Waals surface area contributed by atoms with Crippen LogP contribution in [0.25, 0.3) is 22.4 Å². The smallest absolute Gasteiger partial charge is 0.228 e. The molecule has 3 heterocycles. The molecule has 36 heavy (non-hydrogen) atoms. The molecule has 2 fully saturated rings. The number of aryl methyl sites for hydroxylation is 1. The van der Waals surface area contributed by atoms with Crippen molar-refractivity contribution in [2.45, 2.75) is 38.0 Å². The van der Waals surface area contributed by atoms with Crippen molar-refractivity contribution in [3.8, 4) is 11.3 Å². The van der Waals surface area contributed by atoms with Crippen LogP contribution in [-0.2, 0) is 11.8 Å². The van der Waals surface area contributed by atoms with Crippen LogP contribution in [0.5, 0.6) is 0 Å². The topological polar surface area (TPSA) is 95.2 Å². The van der Waals surface area contributed by atoms with E-state index in [1.54, 1.807) is 4.57 Å². The Labute approximate surface area is 208 Å². The van der Waals surface area contributed by atoms with E-state index in [0.717, 1.165) is 24.5 Å². The van der Waals surface area contributed by atoms with Crippen molar-refractivity contribution in [3.63, 3.8) is 0 Å². The molecule has 1 aliphatic heterocycles. The third-order valence-electron chi connectivity index (χ3n) is 6.43. The zero-order chi connectivity index (χ0) is 25.6. The van der Waals surface area contributed by atoms with Gasteiger partial charge in [-0.25, -0.2) is 13.8 Å². The third kappa shape index (κ3) is 4.62. The van der Waals surface area contributed by atoms with E-state index in [0.29, 0.717) is 47.9 Å². The summed E-state index contributed by atoms with van der Waals surface area (Å²) in [7, 11) is 5.55. The van der Waals surface area contributed by atoms with Crippen molar-refractivity contribution in [1.29, 1.82) is 5.41 Å². The van der Waals surface area contributed by atoms with E-state index in [9.17, 15) is 8.78 Å². The molecule has 2 N–H and O–H groups in total. The minimum Gasteiger partial charge on any atom is -0.388 e. The first-order chi connectivity index (χ1) is 17.2. The van der Waals surface area contributed by atoms with Gasteiger partial charge in [-0.1, -0.05) is 0 Å². The fraction of sp³-hybridized carbons (Fsp3) is 0.440. The maximum Gasteiger partial charge on any atom is 0.228 e. The number of ether oxygens (including phenoxy) is 1. The molecule has 3 aromatic rings. The first-order valence-electron chi connectivity index (χ1n) is 12.0. The summed E-state index contributed by atoms with van der Waals surface area (Å²) in [6.07, 6.45) is 4.92. The van der Waals surface area contributed by atoms with E-state index in [-0.39, 0.29) is 17.8 Å². The Balaban J connectivity index is 1.59. The van der Waals surface area contributed by atoms with Gasteiger partial charge >= 0.3 is 0 Å². The summed E-state index contributed by atoms with van der Waals surface area (Å²) in [5.74, 6) is -0.351. The van der Waals surface area contributed by atoms with Gasteiger partial charge in [-0.2, -0.15) is 9.97 Å². The van der Waals surface area contributed by atoms with Crippen LogP contribution < -0.4 is 15.1 Å². The van der Waals surface area contributed by atoms with Crippen LogP contribution in [0.2, 0.25) is 0 Å². The monoisotopic (exact) mass is 496 g/mol. The van der Waals surface area contributed by atoms with E-state index in [1.165, 1.54) is 18.3 Å². The number of benzene rings is 1. The van der Waals surface area contributed by atoms with Crippen LogP contribution in [0, 0.1) is 17.0 Å². The molecule has 5 rings (SSSR count). The standard InChI is InChI=1S/C25H30F2N8O/c1-14-12-35(13-20(36-14)15(10-28)11-29-17-6-7-17)24-30-21(18-8-5-16(26)9-19(18)27)22-23(31-24)32-25(33(2)3)34(22)4/h5,8-11,14,17,20,28-29H,6-7,12-13H2,1-4H3/b15-11+,28-10?/t14-,20+/m1/s1. The van der Waals surface area contributed by atoms with Gasteiger partial charge in [0.1, 0.15) is 28.9 Å². The fourth-order valence-corrected chi connectivity index (χ4v) is 4.49. The molecule has 0 unspecified atom stereocenters. The zero-order valence-electron chi connectivity index (χ0n) is 20.8. The van der Waals surface area contributed by atoms with Crippen molar-refractivity contribution in [2.24, 2.45) is 7.05 Å². The SMILES string of the molecule is C[C@@H]1CN(c2nc(-c3ccc(F)cc3F)c3c(n2)nc(N(C)C)n3C)C[C@@H](/C(C=N)=C/NC2CC2)O1. The molecular formula is C25H30F2N8O. The number of morpholine rings is 1. The van der Waals surface area contributed by atoms with E-state index in [1.807, 2.05) is 44.1 Å². The summed E-state index contributed by atoms with van der Waals surface area (Å²) in [4.78, 5) is 18.0. The molecule has 2 aromatic heterocycles. The lowest BCUT2D eigenvalue weighted by molar-refractivity contribution is 0.00652. The fourth-order valence-electron chi connectivity index (χ4n) is 4.49. The maximum absolute atomic E-state index is 15.0. The molecule has 190 valence electrons. The second kappa shape index (κ2) is 9.45. The Kier molecular flexibility index (Phi) is 6.33. The molecule has 0 radical (unpaired) electrons. The Bertz CT molecular complexity index is 1330. The number of imidazole rings is 1. The molecule has 1 aliphatic carbocycles. The molecule has 11 heteroatoms.